The van der Waals surface area contributed by atoms with Crippen LogP contribution in [-0.4, -0.2) is 50.7 Å². The van der Waals surface area contributed by atoms with Crippen LogP contribution >= 0.6 is 0 Å². The van der Waals surface area contributed by atoms with Crippen molar-refractivity contribution in [2.75, 3.05) is 6.61 Å². The predicted molar refractivity (Wildman–Crippen MR) is 104 cm³/mol. The summed E-state index contributed by atoms with van der Waals surface area (Å²) in [5, 5.41) is 2.63. The topological polar surface area (TPSA) is 107 Å². The number of alkyl halides is 3. The number of esters is 1. The van der Waals surface area contributed by atoms with Crippen LogP contribution in [0, 0.1) is 3.57 Å². The molecule has 12 heteroatoms. The van der Waals surface area contributed by atoms with Crippen LogP contribution in [0.1, 0.15) is 25.5 Å². The Bertz CT molecular complexity index is 1090. The molecule has 33 heavy (non-hydrogen) atoms. The summed E-state index contributed by atoms with van der Waals surface area (Å²) in [6, 6.07) is 5.19. The molecule has 4 rings (SSSR count). The number of hydrogen-bond acceptors (Lipinski definition) is 7. The number of carbonyl (C=O) groups excluding carboxylic acids is 3. The van der Waals surface area contributed by atoms with E-state index in [1.54, 1.807) is 32.3 Å². The Morgan fingerprint density at radius 1 is 1.30 bits per heavy atom. The Labute approximate surface area is 197 Å². The van der Waals surface area contributed by atoms with Gasteiger partial charge in [0.05, 0.1) is 0 Å². The Hall–Kier alpha value is -3.03. The third-order valence-corrected chi connectivity index (χ3v) is 8.15. The van der Waals surface area contributed by atoms with Gasteiger partial charge in [-0.2, -0.15) is 0 Å². The zero-order valence-corrected chi connectivity index (χ0v) is 19.6. The first-order chi connectivity index (χ1) is 15.7. The number of pyridine rings is 1. The van der Waals surface area contributed by atoms with Gasteiger partial charge in [0.2, 0.25) is 0 Å². The maximum absolute atomic E-state index is 13.3. The van der Waals surface area contributed by atoms with Crippen LogP contribution in [0.5, 0.6) is 11.5 Å². The molecule has 0 bridgehead atoms. The van der Waals surface area contributed by atoms with E-state index < -0.39 is 61.4 Å². The monoisotopic (exact) mass is 574 g/mol. The molecule has 1 fully saturated rings. The molecule has 2 aliphatic rings. The number of hydrogen-bond donors (Lipinski definition) is 1. The van der Waals surface area contributed by atoms with E-state index in [1.807, 2.05) is 6.07 Å². The van der Waals surface area contributed by atoms with E-state index >= 15 is 0 Å². The predicted octanol–water partition coefficient (Wildman–Crippen LogP) is -0.725. The number of nitrogens with one attached hydrogen (secondary N) is 1. The summed E-state index contributed by atoms with van der Waals surface area (Å²) in [6.45, 7) is 3.35. The van der Waals surface area contributed by atoms with Gasteiger partial charge in [0, 0.05) is 0 Å². The number of β-lactam (4-membered cyclic amide) rings is 1. The van der Waals surface area contributed by atoms with Gasteiger partial charge >= 0.3 is 198 Å². The molecule has 3 heterocycles. The van der Waals surface area contributed by atoms with Crippen molar-refractivity contribution in [1.29, 1.82) is 0 Å². The number of benzene rings is 1. The van der Waals surface area contributed by atoms with Crippen LogP contribution in [-0.2, 0) is 14.3 Å². The van der Waals surface area contributed by atoms with E-state index in [0.717, 1.165) is 8.47 Å². The van der Waals surface area contributed by atoms with Gasteiger partial charge in [-0.05, 0) is 0 Å². The fourth-order valence-corrected chi connectivity index (χ4v) is 6.39. The van der Waals surface area contributed by atoms with Crippen molar-refractivity contribution in [3.05, 3.63) is 51.9 Å². The van der Waals surface area contributed by atoms with Gasteiger partial charge in [-0.3, -0.25) is 0 Å². The Kier molecular flexibility index (Phi) is 6.36. The fourth-order valence-electron chi connectivity index (χ4n) is 3.35. The van der Waals surface area contributed by atoms with Crippen molar-refractivity contribution in [3.8, 4) is 11.5 Å². The first kappa shape index (κ1) is 23.1. The summed E-state index contributed by atoms with van der Waals surface area (Å²) >= 11 is -0.942. The summed E-state index contributed by atoms with van der Waals surface area (Å²) in [7, 11) is 0. The van der Waals surface area contributed by atoms with Crippen LogP contribution in [0.25, 0.3) is 0 Å². The van der Waals surface area contributed by atoms with Crippen molar-refractivity contribution in [2.24, 2.45) is 0 Å². The molecular weight excluding hydrogens is 555 g/mol. The van der Waals surface area contributed by atoms with Crippen LogP contribution in [0.3, 0.4) is 0 Å². The molecule has 176 valence electrons. The van der Waals surface area contributed by atoms with Gasteiger partial charge in [-0.1, -0.05) is 0 Å². The normalized spacial score (nSPS) is 21.3. The van der Waals surface area contributed by atoms with E-state index in [-0.39, 0.29) is 18.1 Å². The first-order valence-corrected chi connectivity index (χ1v) is 12.3. The zero-order chi connectivity index (χ0) is 23.8. The maximum atomic E-state index is 13.3. The number of aromatic nitrogens is 1. The van der Waals surface area contributed by atoms with Crippen molar-refractivity contribution < 1.29 is 58.6 Å². The minimum absolute atomic E-state index is 0.106. The summed E-state index contributed by atoms with van der Waals surface area (Å²) in [5.74, 6) is -1.41. The Morgan fingerprint density at radius 3 is 2.76 bits per heavy atom. The second kappa shape index (κ2) is 9.08. The van der Waals surface area contributed by atoms with Crippen LogP contribution < -0.4 is 36.0 Å². The van der Waals surface area contributed by atoms with Crippen LogP contribution in [0.2, 0.25) is 0 Å². The van der Waals surface area contributed by atoms with E-state index in [4.69, 9.17) is 4.74 Å². The number of imide groups is 1. The zero-order valence-electron chi connectivity index (χ0n) is 17.5. The summed E-state index contributed by atoms with van der Waals surface area (Å²) in [5.41, 5.74) is 0.448. The van der Waals surface area contributed by atoms with Crippen LogP contribution in [0.15, 0.2) is 42.7 Å². The number of amides is 3. The number of rotatable bonds is 6. The minimum atomic E-state index is -3.75. The van der Waals surface area contributed by atoms with E-state index in [9.17, 15) is 23.2 Å². The summed E-state index contributed by atoms with van der Waals surface area (Å²) in [6.07, 6.45) is -0.509. The number of carbonyl (C=O) groups is 3. The van der Waals surface area contributed by atoms with E-state index in [0.29, 0.717) is 5.56 Å². The second-order valence-electron chi connectivity index (χ2n) is 7.13. The number of nitrogens with zero attached hydrogens (tertiary/aromatic N) is 2. The van der Waals surface area contributed by atoms with Gasteiger partial charge in [-0.25, -0.2) is 0 Å². The van der Waals surface area contributed by atoms with E-state index in [1.165, 1.54) is 18.2 Å². The molecule has 3 amide bonds. The molecule has 0 saturated carbocycles. The molecule has 1 saturated heterocycles. The average molecular weight is 574 g/mol. The average Bonchev–Trinajstić information content (AvgIpc) is 3.09. The van der Waals surface area contributed by atoms with Gasteiger partial charge in [0.15, 0.2) is 0 Å². The standard InChI is InChI=1S/C21H19F2IN3O6/c1-3-31-19(29)17-16(24-13-5-4-8-25-10-13)18(28)27(17)20(30)26-11(2)12-6-7-14-15(9-12)33-21(22,23)32-14/h4-11,16-17H,3H2,1-2H3,(H,26,30)/q-1/t11-,16-,17+/m1/s1. The van der Waals surface area contributed by atoms with Gasteiger partial charge < -0.3 is 0 Å². The molecule has 0 aliphatic carbocycles. The molecular formula is C21H19F2IN3O6-. The molecule has 3 atom stereocenters. The van der Waals surface area contributed by atoms with Crippen molar-refractivity contribution in [3.63, 3.8) is 0 Å². The van der Waals surface area contributed by atoms with Crippen molar-refractivity contribution in [1.82, 2.24) is 15.2 Å². The molecule has 0 unspecified atom stereocenters. The molecule has 1 aromatic carbocycles. The number of urea groups is 1. The third-order valence-electron chi connectivity index (χ3n) is 4.91. The molecule has 9 nitrogen and oxygen atoms in total. The second-order valence-corrected chi connectivity index (χ2v) is 10.3. The molecule has 1 N–H and O–H groups in total. The van der Waals surface area contributed by atoms with Crippen molar-refractivity contribution >= 4 is 17.9 Å². The number of likely N-dealkylation sites (tertiary alicyclic amines) is 1. The quantitative estimate of drug-likeness (QED) is 0.210. The number of fused-ring (bicyclic) bond motifs is 1. The van der Waals surface area contributed by atoms with Gasteiger partial charge in [0.25, 0.3) is 0 Å². The van der Waals surface area contributed by atoms with Gasteiger partial charge in [-0.15, -0.1) is 0 Å². The van der Waals surface area contributed by atoms with Crippen molar-refractivity contribution in [2.45, 2.75) is 36.2 Å². The van der Waals surface area contributed by atoms with Gasteiger partial charge in [0.1, 0.15) is 0 Å². The molecule has 2 aromatic rings. The Morgan fingerprint density at radius 2 is 2.06 bits per heavy atom. The van der Waals surface area contributed by atoms with E-state index in [2.05, 4.69) is 19.8 Å². The SMILES string of the molecule is CCOC(=O)[C@@H]1[C@@H]([I-]c2cccnc2)C(=O)N1C(=O)N[C@H](C)c1ccc2c(c1)OC(F)(F)O2. The molecule has 1 aromatic heterocycles. The first-order valence-electron chi connectivity index (χ1n) is 9.93. The Balaban J connectivity index is 1.47. The summed E-state index contributed by atoms with van der Waals surface area (Å²) < 4.78 is 40.6. The van der Waals surface area contributed by atoms with Crippen LogP contribution in [0.4, 0.5) is 13.6 Å². The molecule has 0 radical (unpaired) electrons. The number of ether oxygens (including phenoxy) is 3. The molecule has 0 spiro atoms. The molecule has 2 aliphatic heterocycles. The number of halogens is 3. The third kappa shape index (κ3) is 4.70. The fraction of sp³-hybridized carbons (Fsp3) is 0.333. The summed E-state index contributed by atoms with van der Waals surface area (Å²) in [4.78, 5) is 43.1.